The average Bonchev–Trinajstić information content (AvgIpc) is 2.74. The Kier molecular flexibility index (Phi) is 5.28. The van der Waals surface area contributed by atoms with Gasteiger partial charge in [-0.2, -0.15) is 0 Å². The molecule has 2 aliphatic rings. The summed E-state index contributed by atoms with van der Waals surface area (Å²) in [6.45, 7) is 1.97. The summed E-state index contributed by atoms with van der Waals surface area (Å²) in [7, 11) is 0. The fourth-order valence-corrected chi connectivity index (χ4v) is 3.74. The molecule has 0 bridgehead atoms. The average molecular weight is 434 g/mol. The number of phenolic OH excluding ortho intramolecular Hbond substituents is 1. The molecule has 4 rings (SSSR count). The fraction of sp³-hybridized carbons (Fsp3) is 0.125. The molecule has 162 valence electrons. The monoisotopic (exact) mass is 434 g/mol. The van der Waals surface area contributed by atoms with Gasteiger partial charge in [-0.1, -0.05) is 12.1 Å². The zero-order valence-corrected chi connectivity index (χ0v) is 16.9. The molecule has 8 heteroatoms. The lowest BCUT2D eigenvalue weighted by Gasteiger charge is -2.19. The van der Waals surface area contributed by atoms with E-state index in [4.69, 9.17) is 14.3 Å². The maximum absolute atomic E-state index is 12.1. The van der Waals surface area contributed by atoms with E-state index in [1.807, 2.05) is 0 Å². The molecule has 0 unspecified atom stereocenters. The SMILES string of the molecule is CCOc1c(O)ccc2c(-c3ccc(CC(=O)O)cc3C(=O)O)c3ccc(=O)cc-3oc12. The van der Waals surface area contributed by atoms with Crippen molar-refractivity contribution < 1.29 is 34.1 Å². The van der Waals surface area contributed by atoms with Crippen LogP contribution < -0.4 is 10.2 Å². The second kappa shape index (κ2) is 8.07. The van der Waals surface area contributed by atoms with E-state index in [9.17, 15) is 24.6 Å². The quantitative estimate of drug-likeness (QED) is 0.388. The largest absolute Gasteiger partial charge is 0.504 e. The normalized spacial score (nSPS) is 11.0. The van der Waals surface area contributed by atoms with Gasteiger partial charge in [0.2, 0.25) is 5.75 Å². The first-order valence-corrected chi connectivity index (χ1v) is 9.74. The van der Waals surface area contributed by atoms with Crippen molar-refractivity contribution in [2.45, 2.75) is 13.3 Å². The van der Waals surface area contributed by atoms with Gasteiger partial charge in [0.15, 0.2) is 16.8 Å². The van der Waals surface area contributed by atoms with Gasteiger partial charge in [-0.3, -0.25) is 9.59 Å². The number of ether oxygens (including phenoxy) is 1. The topological polar surface area (TPSA) is 134 Å². The molecule has 1 aliphatic heterocycles. The summed E-state index contributed by atoms with van der Waals surface area (Å²) in [5, 5.41) is 29.7. The van der Waals surface area contributed by atoms with E-state index in [-0.39, 0.29) is 46.9 Å². The summed E-state index contributed by atoms with van der Waals surface area (Å²) in [5.41, 5.74) is 1.34. The number of hydrogen-bond donors (Lipinski definition) is 3. The molecule has 2 aromatic rings. The smallest absolute Gasteiger partial charge is 0.336 e. The van der Waals surface area contributed by atoms with Crippen molar-refractivity contribution in [3.05, 3.63) is 69.9 Å². The Morgan fingerprint density at radius 3 is 2.44 bits per heavy atom. The van der Waals surface area contributed by atoms with E-state index in [0.717, 1.165) is 0 Å². The lowest BCUT2D eigenvalue weighted by atomic mass is 9.89. The van der Waals surface area contributed by atoms with Crippen LogP contribution in [0, 0.1) is 0 Å². The van der Waals surface area contributed by atoms with E-state index in [2.05, 4.69) is 0 Å². The third-order valence-corrected chi connectivity index (χ3v) is 5.02. The highest BCUT2D eigenvalue weighted by Gasteiger charge is 2.24. The number of carboxylic acids is 2. The van der Waals surface area contributed by atoms with Crippen molar-refractivity contribution in [3.63, 3.8) is 0 Å². The van der Waals surface area contributed by atoms with Crippen molar-refractivity contribution in [3.8, 4) is 33.9 Å². The van der Waals surface area contributed by atoms with Crippen LogP contribution in [-0.2, 0) is 11.2 Å². The Hall–Kier alpha value is -4.33. The first-order chi connectivity index (χ1) is 15.3. The van der Waals surface area contributed by atoms with Crippen molar-refractivity contribution in [1.29, 1.82) is 0 Å². The molecule has 2 aromatic carbocycles. The molecular weight excluding hydrogens is 416 g/mol. The van der Waals surface area contributed by atoms with Crippen LogP contribution >= 0.6 is 0 Å². The van der Waals surface area contributed by atoms with Gasteiger partial charge in [-0.15, -0.1) is 0 Å². The Morgan fingerprint density at radius 1 is 1.00 bits per heavy atom. The number of hydrogen-bond acceptors (Lipinski definition) is 6. The fourth-order valence-electron chi connectivity index (χ4n) is 3.74. The zero-order chi connectivity index (χ0) is 23.0. The first-order valence-electron chi connectivity index (χ1n) is 9.74. The molecular formula is C24H18O8. The van der Waals surface area contributed by atoms with Gasteiger partial charge in [0, 0.05) is 22.6 Å². The standard InChI is InChI=1S/C24H18O8/c1-2-31-23-18(26)8-7-16-21(15-6-4-13(25)11-19(15)32-22(16)23)14-5-3-12(10-20(27)28)9-17(14)24(29)30/h3-9,11,26H,2,10H2,1H3,(H,27,28)(H,29,30). The van der Waals surface area contributed by atoms with E-state index >= 15 is 0 Å². The third kappa shape index (κ3) is 3.62. The molecule has 0 saturated heterocycles. The highest BCUT2D eigenvalue weighted by molar-refractivity contribution is 6.09. The predicted octanol–water partition coefficient (Wildman–Crippen LogP) is 3.99. The van der Waals surface area contributed by atoms with Crippen molar-refractivity contribution in [2.75, 3.05) is 6.61 Å². The summed E-state index contributed by atoms with van der Waals surface area (Å²) in [5.74, 6) is -2.22. The van der Waals surface area contributed by atoms with Crippen molar-refractivity contribution in [1.82, 2.24) is 0 Å². The molecule has 1 aliphatic carbocycles. The van der Waals surface area contributed by atoms with Gasteiger partial charge in [0.1, 0.15) is 5.76 Å². The lowest BCUT2D eigenvalue weighted by molar-refractivity contribution is -0.136. The number of rotatable bonds is 6. The van der Waals surface area contributed by atoms with Crippen LogP contribution in [0.1, 0.15) is 22.8 Å². The number of benzene rings is 3. The highest BCUT2D eigenvalue weighted by atomic mass is 16.5. The second-order valence-electron chi connectivity index (χ2n) is 7.11. The van der Waals surface area contributed by atoms with Crippen LogP contribution in [0.25, 0.3) is 33.4 Å². The number of aliphatic carboxylic acids is 1. The summed E-state index contributed by atoms with van der Waals surface area (Å²) < 4.78 is 11.5. The molecule has 0 atom stereocenters. The number of carboxylic acid groups (broad SMARTS) is 2. The number of phenols is 1. The van der Waals surface area contributed by atoms with E-state index in [1.165, 1.54) is 30.3 Å². The summed E-state index contributed by atoms with van der Waals surface area (Å²) in [6.07, 6.45) is -0.325. The molecule has 0 saturated carbocycles. The minimum Gasteiger partial charge on any atom is -0.504 e. The second-order valence-corrected chi connectivity index (χ2v) is 7.11. The molecule has 1 heterocycles. The van der Waals surface area contributed by atoms with Crippen LogP contribution in [0.2, 0.25) is 0 Å². The zero-order valence-electron chi connectivity index (χ0n) is 16.9. The number of fused-ring (bicyclic) bond motifs is 2. The number of aromatic hydroxyl groups is 1. The Balaban J connectivity index is 2.14. The van der Waals surface area contributed by atoms with Gasteiger partial charge in [0.05, 0.1) is 18.6 Å². The van der Waals surface area contributed by atoms with Gasteiger partial charge in [0.25, 0.3) is 0 Å². The summed E-state index contributed by atoms with van der Waals surface area (Å²) in [4.78, 5) is 35.2. The Morgan fingerprint density at radius 2 is 1.75 bits per heavy atom. The molecule has 0 amide bonds. The molecule has 32 heavy (non-hydrogen) atoms. The van der Waals surface area contributed by atoms with E-state index < -0.39 is 11.9 Å². The summed E-state index contributed by atoms with van der Waals surface area (Å²) >= 11 is 0. The van der Waals surface area contributed by atoms with Crippen LogP contribution in [0.4, 0.5) is 0 Å². The number of carbonyl (C=O) groups is 2. The van der Waals surface area contributed by atoms with Gasteiger partial charge >= 0.3 is 11.9 Å². The molecule has 0 radical (unpaired) electrons. The molecule has 8 nitrogen and oxygen atoms in total. The number of aromatic carboxylic acids is 1. The van der Waals surface area contributed by atoms with Crippen LogP contribution in [0.5, 0.6) is 11.5 Å². The Labute approximate surface area is 181 Å². The van der Waals surface area contributed by atoms with E-state index in [1.54, 1.807) is 25.1 Å². The molecule has 0 spiro atoms. The minimum absolute atomic E-state index is 0.0730. The van der Waals surface area contributed by atoms with Crippen molar-refractivity contribution in [2.24, 2.45) is 0 Å². The lowest BCUT2D eigenvalue weighted by Crippen LogP contribution is -2.06. The van der Waals surface area contributed by atoms with Crippen LogP contribution in [0.15, 0.2) is 57.7 Å². The maximum atomic E-state index is 12.1. The first kappa shape index (κ1) is 20.9. The van der Waals surface area contributed by atoms with Crippen LogP contribution in [-0.4, -0.2) is 33.9 Å². The van der Waals surface area contributed by atoms with Crippen LogP contribution in [0.3, 0.4) is 0 Å². The maximum Gasteiger partial charge on any atom is 0.336 e. The van der Waals surface area contributed by atoms with E-state index in [0.29, 0.717) is 27.6 Å². The third-order valence-electron chi connectivity index (χ3n) is 5.02. The molecule has 3 N–H and O–H groups in total. The van der Waals surface area contributed by atoms with Gasteiger partial charge in [-0.25, -0.2) is 4.79 Å². The predicted molar refractivity (Wildman–Crippen MR) is 116 cm³/mol. The van der Waals surface area contributed by atoms with Gasteiger partial charge < -0.3 is 24.5 Å². The highest BCUT2D eigenvalue weighted by Crippen LogP contribution is 2.46. The molecule has 0 fully saturated rings. The summed E-state index contributed by atoms with van der Waals surface area (Å²) in [6, 6.07) is 11.6. The van der Waals surface area contributed by atoms with Crippen molar-refractivity contribution >= 4 is 22.9 Å². The molecule has 0 aromatic heterocycles. The minimum atomic E-state index is -1.24. The van der Waals surface area contributed by atoms with Gasteiger partial charge in [-0.05, 0) is 48.4 Å². The Bertz CT molecular complexity index is 1400.